The van der Waals surface area contributed by atoms with Gasteiger partial charge in [0.05, 0.1) is 0 Å². The first-order valence-electron chi connectivity index (χ1n) is 4.63. The Bertz CT molecular complexity index is 438. The van der Waals surface area contributed by atoms with Crippen LogP contribution in [0.4, 0.5) is 0 Å². The lowest BCUT2D eigenvalue weighted by Crippen LogP contribution is -2.04. The van der Waals surface area contributed by atoms with Gasteiger partial charge in [-0.1, -0.05) is 13.3 Å². The number of phenolic OH excluding ortho intramolecular Hbond substituents is 3. The fourth-order valence-electron chi connectivity index (χ4n) is 1.47. The predicted molar refractivity (Wildman–Crippen MR) is 54.1 cm³/mol. The molecule has 0 radical (unpaired) electrons. The third-order valence-electron chi connectivity index (χ3n) is 2.21. The van der Waals surface area contributed by atoms with Crippen molar-refractivity contribution in [1.29, 1.82) is 0 Å². The molecule has 6 heteroatoms. The first-order valence-corrected chi connectivity index (χ1v) is 4.63. The molecule has 0 saturated carbocycles. The van der Waals surface area contributed by atoms with Crippen LogP contribution < -0.4 is 0 Å². The molecule has 16 heavy (non-hydrogen) atoms. The number of hydrogen-bond donors (Lipinski definition) is 5. The van der Waals surface area contributed by atoms with Crippen LogP contribution in [0.3, 0.4) is 0 Å². The van der Waals surface area contributed by atoms with E-state index in [0.29, 0.717) is 6.42 Å². The van der Waals surface area contributed by atoms with Gasteiger partial charge in [-0.3, -0.25) is 0 Å². The van der Waals surface area contributed by atoms with Gasteiger partial charge >= 0.3 is 5.97 Å². The Morgan fingerprint density at radius 3 is 1.94 bits per heavy atom. The van der Waals surface area contributed by atoms with Crippen molar-refractivity contribution in [3.05, 3.63) is 11.1 Å². The van der Waals surface area contributed by atoms with Crippen molar-refractivity contribution in [3.63, 3.8) is 0 Å². The molecule has 0 aliphatic carbocycles. The summed E-state index contributed by atoms with van der Waals surface area (Å²) in [5, 5.41) is 46.1. The molecule has 0 heterocycles. The van der Waals surface area contributed by atoms with Crippen LogP contribution in [0.1, 0.15) is 29.3 Å². The van der Waals surface area contributed by atoms with Gasteiger partial charge in [-0.2, -0.15) is 0 Å². The number of benzene rings is 1. The summed E-state index contributed by atoms with van der Waals surface area (Å²) in [5.41, 5.74) is -0.683. The van der Waals surface area contributed by atoms with Gasteiger partial charge in [0.1, 0.15) is 5.56 Å². The molecule has 6 nitrogen and oxygen atoms in total. The smallest absolute Gasteiger partial charge is 0.340 e. The SMILES string of the molecule is CCCc1c(O)c(O)c(O)c(O)c1C(=O)O. The van der Waals surface area contributed by atoms with Gasteiger partial charge in [-0.15, -0.1) is 0 Å². The minimum absolute atomic E-state index is 0.0946. The lowest BCUT2D eigenvalue weighted by molar-refractivity contribution is 0.0691. The topological polar surface area (TPSA) is 118 Å². The van der Waals surface area contributed by atoms with Crippen molar-refractivity contribution in [2.75, 3.05) is 0 Å². The van der Waals surface area contributed by atoms with Crippen LogP contribution in [0, 0.1) is 0 Å². The molecule has 0 atom stereocenters. The third kappa shape index (κ3) is 1.69. The summed E-state index contributed by atoms with van der Waals surface area (Å²) in [7, 11) is 0. The third-order valence-corrected chi connectivity index (χ3v) is 2.21. The highest BCUT2D eigenvalue weighted by Gasteiger charge is 2.26. The Kier molecular flexibility index (Phi) is 3.12. The van der Waals surface area contributed by atoms with E-state index in [9.17, 15) is 25.2 Å². The summed E-state index contributed by atoms with van der Waals surface area (Å²) in [6, 6.07) is 0. The van der Waals surface area contributed by atoms with E-state index in [-0.39, 0.29) is 12.0 Å². The fourth-order valence-corrected chi connectivity index (χ4v) is 1.47. The van der Waals surface area contributed by atoms with Crippen LogP contribution in [-0.2, 0) is 6.42 Å². The number of carboxylic acids is 1. The quantitative estimate of drug-likeness (QED) is 0.391. The number of phenols is 4. The fraction of sp³-hybridized carbons (Fsp3) is 0.300. The molecule has 88 valence electrons. The van der Waals surface area contributed by atoms with Crippen molar-refractivity contribution < 1.29 is 30.3 Å². The zero-order valence-electron chi connectivity index (χ0n) is 8.56. The number of carbonyl (C=O) groups is 1. The molecule has 5 N–H and O–H groups in total. The van der Waals surface area contributed by atoms with Gasteiger partial charge in [-0.25, -0.2) is 4.79 Å². The minimum Gasteiger partial charge on any atom is -0.504 e. The second kappa shape index (κ2) is 4.18. The summed E-state index contributed by atoms with van der Waals surface area (Å²) >= 11 is 0. The Labute approximate surface area is 91.0 Å². The number of rotatable bonds is 3. The monoisotopic (exact) mass is 228 g/mol. The van der Waals surface area contributed by atoms with Crippen LogP contribution in [-0.4, -0.2) is 31.5 Å². The van der Waals surface area contributed by atoms with E-state index in [0.717, 1.165) is 0 Å². The molecule has 0 saturated heterocycles. The molecule has 0 fully saturated rings. The molecular formula is C10H12O6. The van der Waals surface area contributed by atoms with Gasteiger partial charge in [0.15, 0.2) is 11.5 Å². The number of aromatic carboxylic acids is 1. The zero-order chi connectivity index (χ0) is 12.5. The van der Waals surface area contributed by atoms with Crippen LogP contribution in [0.5, 0.6) is 23.0 Å². The Hall–Kier alpha value is -2.11. The Morgan fingerprint density at radius 2 is 1.50 bits per heavy atom. The maximum atomic E-state index is 10.9. The Balaban J connectivity index is 3.61. The van der Waals surface area contributed by atoms with Gasteiger partial charge in [0, 0.05) is 5.56 Å². The number of hydrogen-bond acceptors (Lipinski definition) is 5. The maximum Gasteiger partial charge on any atom is 0.340 e. The first-order chi connectivity index (χ1) is 7.41. The molecule has 0 aliphatic heterocycles. The lowest BCUT2D eigenvalue weighted by atomic mass is 9.99. The van der Waals surface area contributed by atoms with E-state index in [1.807, 2.05) is 0 Å². The molecule has 1 aromatic carbocycles. The second-order valence-corrected chi connectivity index (χ2v) is 3.30. The summed E-state index contributed by atoms with van der Waals surface area (Å²) in [5.74, 6) is -5.08. The lowest BCUT2D eigenvalue weighted by Gasteiger charge is -2.12. The first kappa shape index (κ1) is 12.0. The maximum absolute atomic E-state index is 10.9. The second-order valence-electron chi connectivity index (χ2n) is 3.30. The number of aromatic hydroxyl groups is 4. The molecule has 0 aliphatic rings. The minimum atomic E-state index is -1.48. The standard InChI is InChI=1S/C10H12O6/c1-2-3-4-5(10(15)16)7(12)9(14)8(13)6(4)11/h11-14H,2-3H2,1H3,(H,15,16). The van der Waals surface area contributed by atoms with Gasteiger partial charge in [0.25, 0.3) is 0 Å². The van der Waals surface area contributed by atoms with Gasteiger partial charge in [-0.05, 0) is 6.42 Å². The van der Waals surface area contributed by atoms with E-state index in [1.165, 1.54) is 0 Å². The van der Waals surface area contributed by atoms with Gasteiger partial charge < -0.3 is 25.5 Å². The molecule has 0 bridgehead atoms. The highest BCUT2D eigenvalue weighted by Crippen LogP contribution is 2.47. The van der Waals surface area contributed by atoms with Crippen molar-refractivity contribution in [3.8, 4) is 23.0 Å². The average Bonchev–Trinajstić information content (AvgIpc) is 2.23. The molecule has 1 aromatic rings. The molecule has 0 unspecified atom stereocenters. The van der Waals surface area contributed by atoms with Gasteiger partial charge in [0.2, 0.25) is 11.5 Å². The highest BCUT2D eigenvalue weighted by molar-refractivity contribution is 5.95. The van der Waals surface area contributed by atoms with Crippen molar-refractivity contribution >= 4 is 5.97 Å². The molecule has 0 spiro atoms. The largest absolute Gasteiger partial charge is 0.504 e. The van der Waals surface area contributed by atoms with E-state index >= 15 is 0 Å². The van der Waals surface area contributed by atoms with Crippen LogP contribution in [0.2, 0.25) is 0 Å². The van der Waals surface area contributed by atoms with Crippen molar-refractivity contribution in [1.82, 2.24) is 0 Å². The van der Waals surface area contributed by atoms with E-state index < -0.39 is 34.5 Å². The summed E-state index contributed by atoms with van der Waals surface area (Å²) in [4.78, 5) is 10.9. The molecular weight excluding hydrogens is 216 g/mol. The predicted octanol–water partition coefficient (Wildman–Crippen LogP) is 1.16. The van der Waals surface area contributed by atoms with Crippen LogP contribution >= 0.6 is 0 Å². The molecule has 0 aromatic heterocycles. The van der Waals surface area contributed by atoms with E-state index in [2.05, 4.69) is 0 Å². The average molecular weight is 228 g/mol. The van der Waals surface area contributed by atoms with Crippen molar-refractivity contribution in [2.24, 2.45) is 0 Å². The summed E-state index contributed by atoms with van der Waals surface area (Å²) < 4.78 is 0. The van der Waals surface area contributed by atoms with Crippen molar-refractivity contribution in [2.45, 2.75) is 19.8 Å². The van der Waals surface area contributed by atoms with Crippen LogP contribution in [0.15, 0.2) is 0 Å². The molecule has 0 amide bonds. The summed E-state index contributed by atoms with van der Waals surface area (Å²) in [6.07, 6.45) is 0.673. The Morgan fingerprint density at radius 1 is 1.00 bits per heavy atom. The number of carboxylic acid groups (broad SMARTS) is 1. The van der Waals surface area contributed by atoms with Crippen LogP contribution in [0.25, 0.3) is 0 Å². The normalized spacial score (nSPS) is 10.3. The van der Waals surface area contributed by atoms with E-state index in [1.54, 1.807) is 6.92 Å². The highest BCUT2D eigenvalue weighted by atomic mass is 16.4. The summed E-state index contributed by atoms with van der Waals surface area (Å²) in [6.45, 7) is 1.74. The van der Waals surface area contributed by atoms with E-state index in [4.69, 9.17) is 5.11 Å². The zero-order valence-corrected chi connectivity index (χ0v) is 8.56. The molecule has 1 rings (SSSR count).